The fourth-order valence-electron chi connectivity index (χ4n) is 2.01. The fourth-order valence-corrected chi connectivity index (χ4v) is 2.01. The van der Waals surface area contributed by atoms with Crippen LogP contribution < -0.4 is 0 Å². The highest BCUT2D eigenvalue weighted by atomic mass is 16.5. The topological polar surface area (TPSA) is 29.5 Å². The summed E-state index contributed by atoms with van der Waals surface area (Å²) in [4.78, 5) is 0. The second-order valence-corrected chi connectivity index (χ2v) is 5.20. The maximum Gasteiger partial charge on any atom is 0.0776 e. The molecule has 0 aliphatic heterocycles. The Morgan fingerprint density at radius 2 is 1.85 bits per heavy atom. The molecule has 0 saturated heterocycles. The van der Waals surface area contributed by atoms with E-state index in [0.29, 0.717) is 13.2 Å². The van der Waals surface area contributed by atoms with Gasteiger partial charge in [0.15, 0.2) is 0 Å². The first kappa shape index (κ1) is 16.9. The molecule has 0 spiro atoms. The second kappa shape index (κ2) is 11.7. The van der Waals surface area contributed by atoms with Gasteiger partial charge in [-0.2, -0.15) is 0 Å². The van der Waals surface area contributed by atoms with E-state index in [0.717, 1.165) is 24.8 Å². The average Bonchev–Trinajstić information content (AvgIpc) is 2.47. The Balaban J connectivity index is 1.99. The molecule has 112 valence electrons. The van der Waals surface area contributed by atoms with Crippen molar-refractivity contribution in [1.29, 1.82) is 0 Å². The molecule has 0 aliphatic rings. The summed E-state index contributed by atoms with van der Waals surface area (Å²) in [6, 6.07) is 10.1. The summed E-state index contributed by atoms with van der Waals surface area (Å²) in [7, 11) is 0. The highest BCUT2D eigenvalue weighted by Gasteiger charge is 2.02. The summed E-state index contributed by atoms with van der Waals surface area (Å²) in [5, 5.41) is 9.81. The van der Waals surface area contributed by atoms with Gasteiger partial charge in [-0.3, -0.25) is 0 Å². The van der Waals surface area contributed by atoms with Crippen molar-refractivity contribution >= 4 is 0 Å². The summed E-state index contributed by atoms with van der Waals surface area (Å²) in [5.41, 5.74) is 1.15. The van der Waals surface area contributed by atoms with E-state index in [2.05, 4.69) is 19.1 Å². The number of rotatable bonds is 11. The first-order valence-corrected chi connectivity index (χ1v) is 7.77. The van der Waals surface area contributed by atoms with Gasteiger partial charge >= 0.3 is 0 Å². The van der Waals surface area contributed by atoms with Crippen molar-refractivity contribution in [2.75, 3.05) is 6.61 Å². The molecule has 2 heteroatoms. The normalized spacial score (nSPS) is 12.9. The van der Waals surface area contributed by atoms with Gasteiger partial charge in [0.1, 0.15) is 0 Å². The van der Waals surface area contributed by atoms with Crippen LogP contribution in [0.25, 0.3) is 0 Å². The number of ether oxygens (including phenoxy) is 1. The molecule has 0 bridgehead atoms. The van der Waals surface area contributed by atoms with Gasteiger partial charge in [-0.05, 0) is 31.2 Å². The van der Waals surface area contributed by atoms with Crippen LogP contribution in [0.15, 0.2) is 42.5 Å². The maximum atomic E-state index is 9.81. The summed E-state index contributed by atoms with van der Waals surface area (Å²) < 4.78 is 5.52. The van der Waals surface area contributed by atoms with Crippen LogP contribution in [0, 0.1) is 0 Å². The van der Waals surface area contributed by atoms with Crippen LogP contribution >= 0.6 is 0 Å². The molecule has 1 N–H and O–H groups in total. The Morgan fingerprint density at radius 1 is 1.10 bits per heavy atom. The number of aliphatic hydroxyl groups excluding tert-OH is 1. The quantitative estimate of drug-likeness (QED) is 0.477. The first-order valence-electron chi connectivity index (χ1n) is 7.77. The van der Waals surface area contributed by atoms with Crippen LogP contribution in [0.5, 0.6) is 0 Å². The third-order valence-corrected chi connectivity index (χ3v) is 3.23. The third-order valence-electron chi connectivity index (χ3n) is 3.23. The highest BCUT2D eigenvalue weighted by Crippen LogP contribution is 2.05. The van der Waals surface area contributed by atoms with Gasteiger partial charge in [-0.15, -0.1) is 0 Å². The molecule has 1 rings (SSSR count). The zero-order valence-electron chi connectivity index (χ0n) is 12.6. The fraction of sp³-hybridized carbons (Fsp3) is 0.556. The monoisotopic (exact) mass is 276 g/mol. The van der Waals surface area contributed by atoms with Crippen molar-refractivity contribution in [3.8, 4) is 0 Å². The van der Waals surface area contributed by atoms with Gasteiger partial charge in [-0.25, -0.2) is 0 Å². The SMILES string of the molecule is CCCCC/C=C\CCC(O)COCc1ccccc1. The molecule has 0 heterocycles. The predicted octanol–water partition coefficient (Wildman–Crippen LogP) is 4.48. The Bertz CT molecular complexity index is 346. The Morgan fingerprint density at radius 3 is 2.60 bits per heavy atom. The first-order chi connectivity index (χ1) is 9.83. The van der Waals surface area contributed by atoms with E-state index in [-0.39, 0.29) is 6.10 Å². The van der Waals surface area contributed by atoms with Gasteiger partial charge in [0, 0.05) is 0 Å². The molecule has 0 aromatic heterocycles. The number of aliphatic hydroxyl groups is 1. The largest absolute Gasteiger partial charge is 0.391 e. The predicted molar refractivity (Wildman–Crippen MR) is 84.6 cm³/mol. The van der Waals surface area contributed by atoms with Gasteiger partial charge < -0.3 is 9.84 Å². The van der Waals surface area contributed by atoms with Gasteiger partial charge in [-0.1, -0.05) is 62.2 Å². The highest BCUT2D eigenvalue weighted by molar-refractivity contribution is 5.13. The maximum absolute atomic E-state index is 9.81. The van der Waals surface area contributed by atoms with Crippen LogP contribution in [-0.4, -0.2) is 17.8 Å². The molecule has 1 aromatic carbocycles. The minimum atomic E-state index is -0.362. The molecule has 0 amide bonds. The lowest BCUT2D eigenvalue weighted by molar-refractivity contribution is 0.0250. The number of unbranched alkanes of at least 4 members (excludes halogenated alkanes) is 3. The van der Waals surface area contributed by atoms with E-state index in [1.165, 1.54) is 19.3 Å². The molecule has 0 radical (unpaired) electrons. The third kappa shape index (κ3) is 8.89. The van der Waals surface area contributed by atoms with E-state index in [1.807, 2.05) is 30.3 Å². The van der Waals surface area contributed by atoms with Gasteiger partial charge in [0.25, 0.3) is 0 Å². The second-order valence-electron chi connectivity index (χ2n) is 5.20. The lowest BCUT2D eigenvalue weighted by Gasteiger charge is -2.10. The molecule has 0 saturated carbocycles. The Labute approximate surface area is 123 Å². The standard InChI is InChI=1S/C18H28O2/c1-2-3-4-5-6-7-11-14-18(19)16-20-15-17-12-9-8-10-13-17/h6-10,12-13,18-19H,2-5,11,14-16H2,1H3/b7-6-. The molecule has 20 heavy (non-hydrogen) atoms. The van der Waals surface area contributed by atoms with Crippen LogP contribution in [-0.2, 0) is 11.3 Å². The van der Waals surface area contributed by atoms with E-state index in [1.54, 1.807) is 0 Å². The number of hydrogen-bond acceptors (Lipinski definition) is 2. The molecular weight excluding hydrogens is 248 g/mol. The molecule has 2 nitrogen and oxygen atoms in total. The lowest BCUT2D eigenvalue weighted by atomic mass is 10.1. The Kier molecular flexibility index (Phi) is 9.89. The van der Waals surface area contributed by atoms with Crippen LogP contribution in [0.1, 0.15) is 51.0 Å². The molecule has 1 unspecified atom stereocenters. The Hall–Kier alpha value is -1.12. The summed E-state index contributed by atoms with van der Waals surface area (Å²) in [6.45, 7) is 3.21. The summed E-state index contributed by atoms with van der Waals surface area (Å²) in [5.74, 6) is 0. The van der Waals surface area contributed by atoms with Crippen molar-refractivity contribution < 1.29 is 9.84 Å². The zero-order valence-corrected chi connectivity index (χ0v) is 12.6. The van der Waals surface area contributed by atoms with Gasteiger partial charge in [0.2, 0.25) is 0 Å². The molecule has 0 fully saturated rings. The number of allylic oxidation sites excluding steroid dienone is 2. The van der Waals surface area contributed by atoms with Crippen molar-refractivity contribution in [3.05, 3.63) is 48.0 Å². The van der Waals surface area contributed by atoms with Crippen molar-refractivity contribution in [2.45, 2.75) is 58.2 Å². The number of hydrogen-bond donors (Lipinski definition) is 1. The molecule has 1 atom stereocenters. The van der Waals surface area contributed by atoms with Crippen LogP contribution in [0.3, 0.4) is 0 Å². The molecule has 1 aromatic rings. The average molecular weight is 276 g/mol. The van der Waals surface area contributed by atoms with E-state index < -0.39 is 0 Å². The summed E-state index contributed by atoms with van der Waals surface area (Å²) >= 11 is 0. The van der Waals surface area contributed by atoms with E-state index in [4.69, 9.17) is 4.74 Å². The minimum absolute atomic E-state index is 0.362. The van der Waals surface area contributed by atoms with Gasteiger partial charge in [0.05, 0.1) is 19.3 Å². The molecule has 0 aliphatic carbocycles. The van der Waals surface area contributed by atoms with Crippen LogP contribution in [0.2, 0.25) is 0 Å². The van der Waals surface area contributed by atoms with Crippen molar-refractivity contribution in [2.24, 2.45) is 0 Å². The van der Waals surface area contributed by atoms with E-state index >= 15 is 0 Å². The number of benzene rings is 1. The smallest absolute Gasteiger partial charge is 0.0776 e. The van der Waals surface area contributed by atoms with E-state index in [9.17, 15) is 5.11 Å². The summed E-state index contributed by atoms with van der Waals surface area (Å²) in [6.07, 6.45) is 10.8. The lowest BCUT2D eigenvalue weighted by Crippen LogP contribution is -2.14. The van der Waals surface area contributed by atoms with Crippen LogP contribution in [0.4, 0.5) is 0 Å². The van der Waals surface area contributed by atoms with Crippen molar-refractivity contribution in [1.82, 2.24) is 0 Å². The zero-order chi connectivity index (χ0) is 14.5. The molecular formula is C18H28O2. The van der Waals surface area contributed by atoms with Crippen molar-refractivity contribution in [3.63, 3.8) is 0 Å². The minimum Gasteiger partial charge on any atom is -0.391 e.